The number of rotatable bonds is 5. The monoisotopic (exact) mass is 379 g/mol. The molecular weight excluding hydrogens is 363 g/mol. The Labute approximate surface area is 152 Å². The molecule has 0 aliphatic rings. The number of nitrogens with one attached hydrogen (secondary N) is 2. The Morgan fingerprint density at radius 2 is 2.00 bits per heavy atom. The molecule has 0 saturated heterocycles. The summed E-state index contributed by atoms with van der Waals surface area (Å²) in [6, 6.07) is 9.19. The van der Waals surface area contributed by atoms with Crippen LogP contribution >= 0.6 is 0 Å². The van der Waals surface area contributed by atoms with Gasteiger partial charge in [-0.2, -0.15) is 13.2 Å². The van der Waals surface area contributed by atoms with E-state index in [0.717, 1.165) is 4.57 Å². The van der Waals surface area contributed by atoms with Gasteiger partial charge in [-0.25, -0.2) is 14.8 Å². The summed E-state index contributed by atoms with van der Waals surface area (Å²) in [5.74, 6) is -0.583. The Balaban J connectivity index is 1.69. The van der Waals surface area contributed by atoms with E-state index in [0.29, 0.717) is 11.4 Å². The number of aromatic nitrogens is 3. The van der Waals surface area contributed by atoms with Gasteiger partial charge in [0.15, 0.2) is 5.65 Å². The average molecular weight is 379 g/mol. The molecule has 2 heterocycles. The number of carbonyl (C=O) groups excluding carboxylic acids is 1. The number of nitrogens with zero attached hydrogens (tertiary/aromatic N) is 3. The van der Waals surface area contributed by atoms with Crippen molar-refractivity contribution in [3.8, 4) is 5.75 Å². The molecule has 0 atom stereocenters. The summed E-state index contributed by atoms with van der Waals surface area (Å²) in [5, 5.41) is 5.10. The number of para-hydroxylation sites is 2. The summed E-state index contributed by atoms with van der Waals surface area (Å²) < 4.78 is 45.7. The molecule has 0 saturated carbocycles. The maximum atomic E-state index is 13.2. The van der Waals surface area contributed by atoms with Crippen molar-refractivity contribution in [2.75, 3.05) is 19.0 Å². The van der Waals surface area contributed by atoms with Crippen LogP contribution in [0.3, 0.4) is 0 Å². The van der Waals surface area contributed by atoms with Crippen molar-refractivity contribution in [3.63, 3.8) is 0 Å². The normalized spacial score (nSPS) is 11.4. The summed E-state index contributed by atoms with van der Waals surface area (Å²) in [7, 11) is 1.47. The van der Waals surface area contributed by atoms with Crippen LogP contribution in [0.1, 0.15) is 5.82 Å². The summed E-state index contributed by atoms with van der Waals surface area (Å²) in [6.07, 6.45) is -3.23. The highest BCUT2D eigenvalue weighted by atomic mass is 19.4. The van der Waals surface area contributed by atoms with E-state index >= 15 is 0 Å². The molecule has 0 unspecified atom stereocenters. The second-order valence-electron chi connectivity index (χ2n) is 5.51. The molecule has 0 aliphatic heterocycles. The molecule has 1 aromatic carbocycles. The van der Waals surface area contributed by atoms with Crippen molar-refractivity contribution in [3.05, 3.63) is 48.4 Å². The quantitative estimate of drug-likeness (QED) is 0.713. The SMILES string of the molecule is COc1ccccc1NC(=O)NCCn1c(C(F)(F)F)nc2cccnc21. The van der Waals surface area contributed by atoms with Crippen LogP contribution in [0.4, 0.5) is 23.7 Å². The molecule has 2 amide bonds. The molecule has 27 heavy (non-hydrogen) atoms. The molecule has 0 fully saturated rings. The van der Waals surface area contributed by atoms with Crippen LogP contribution in [0.15, 0.2) is 42.6 Å². The predicted octanol–water partition coefficient (Wildman–Crippen LogP) is 3.28. The van der Waals surface area contributed by atoms with E-state index in [1.807, 2.05) is 0 Å². The standard InChI is InChI=1S/C17H16F3N5O2/c1-27-13-7-3-2-5-11(13)24-16(26)22-9-10-25-14-12(6-4-8-21-14)23-15(25)17(18,19)20/h2-8H,9-10H2,1H3,(H2,22,24,26). The second kappa shape index (κ2) is 7.52. The highest BCUT2D eigenvalue weighted by Gasteiger charge is 2.37. The molecule has 2 aromatic heterocycles. The lowest BCUT2D eigenvalue weighted by molar-refractivity contribution is -0.146. The summed E-state index contributed by atoms with van der Waals surface area (Å²) in [4.78, 5) is 19.6. The first-order valence-electron chi connectivity index (χ1n) is 7.96. The Hall–Kier alpha value is -3.30. The fourth-order valence-corrected chi connectivity index (χ4v) is 2.58. The number of methoxy groups -OCH3 is 1. The van der Waals surface area contributed by atoms with Crippen molar-refractivity contribution < 1.29 is 22.7 Å². The predicted molar refractivity (Wildman–Crippen MR) is 92.5 cm³/mol. The van der Waals surface area contributed by atoms with E-state index in [2.05, 4.69) is 20.6 Å². The molecule has 0 aliphatic carbocycles. The van der Waals surface area contributed by atoms with Crippen molar-refractivity contribution >= 4 is 22.9 Å². The zero-order valence-corrected chi connectivity index (χ0v) is 14.2. The molecule has 3 aromatic rings. The lowest BCUT2D eigenvalue weighted by Crippen LogP contribution is -2.32. The van der Waals surface area contributed by atoms with Crippen LogP contribution in [0.25, 0.3) is 11.2 Å². The van der Waals surface area contributed by atoms with Crippen LogP contribution in [0.2, 0.25) is 0 Å². The van der Waals surface area contributed by atoms with E-state index in [1.54, 1.807) is 24.3 Å². The first-order valence-corrected chi connectivity index (χ1v) is 7.96. The third kappa shape index (κ3) is 4.10. The Morgan fingerprint density at radius 3 is 2.74 bits per heavy atom. The number of pyridine rings is 1. The highest BCUT2D eigenvalue weighted by Crippen LogP contribution is 2.30. The molecule has 7 nitrogen and oxygen atoms in total. The molecular formula is C17H16F3N5O2. The van der Waals surface area contributed by atoms with Crippen molar-refractivity contribution in [1.29, 1.82) is 0 Å². The van der Waals surface area contributed by atoms with E-state index < -0.39 is 18.0 Å². The minimum Gasteiger partial charge on any atom is -0.495 e. The van der Waals surface area contributed by atoms with Gasteiger partial charge in [-0.1, -0.05) is 12.1 Å². The van der Waals surface area contributed by atoms with Gasteiger partial charge in [0.05, 0.1) is 12.8 Å². The lowest BCUT2D eigenvalue weighted by atomic mass is 10.3. The van der Waals surface area contributed by atoms with E-state index in [-0.39, 0.29) is 24.3 Å². The zero-order chi connectivity index (χ0) is 19.4. The number of imidazole rings is 1. The number of ether oxygens (including phenoxy) is 1. The van der Waals surface area contributed by atoms with Gasteiger partial charge in [0.1, 0.15) is 11.3 Å². The Morgan fingerprint density at radius 1 is 1.22 bits per heavy atom. The topological polar surface area (TPSA) is 81.1 Å². The first kappa shape index (κ1) is 18.5. The number of alkyl halides is 3. The zero-order valence-electron chi connectivity index (χ0n) is 14.2. The van der Waals surface area contributed by atoms with Gasteiger partial charge >= 0.3 is 12.2 Å². The van der Waals surface area contributed by atoms with Gasteiger partial charge < -0.3 is 19.9 Å². The number of halogens is 3. The van der Waals surface area contributed by atoms with Crippen LogP contribution in [-0.2, 0) is 12.7 Å². The van der Waals surface area contributed by atoms with Crippen LogP contribution < -0.4 is 15.4 Å². The fourth-order valence-electron chi connectivity index (χ4n) is 2.58. The first-order chi connectivity index (χ1) is 12.9. The van der Waals surface area contributed by atoms with Crippen molar-refractivity contribution in [2.45, 2.75) is 12.7 Å². The average Bonchev–Trinajstić information content (AvgIpc) is 3.01. The largest absolute Gasteiger partial charge is 0.495 e. The number of hydrogen-bond acceptors (Lipinski definition) is 4. The number of hydrogen-bond donors (Lipinski definition) is 2. The smallest absolute Gasteiger partial charge is 0.449 e. The van der Waals surface area contributed by atoms with Crippen molar-refractivity contribution in [2.24, 2.45) is 0 Å². The minimum absolute atomic E-state index is 0.0495. The number of amides is 2. The summed E-state index contributed by atoms with van der Waals surface area (Å²) in [6.45, 7) is -0.187. The molecule has 142 valence electrons. The number of anilines is 1. The van der Waals surface area contributed by atoms with Crippen LogP contribution in [0.5, 0.6) is 5.75 Å². The number of urea groups is 1. The minimum atomic E-state index is -4.62. The van der Waals surface area contributed by atoms with E-state index in [4.69, 9.17) is 4.74 Å². The van der Waals surface area contributed by atoms with E-state index in [9.17, 15) is 18.0 Å². The van der Waals surface area contributed by atoms with Gasteiger partial charge in [0.2, 0.25) is 5.82 Å². The van der Waals surface area contributed by atoms with Gasteiger partial charge in [0.25, 0.3) is 0 Å². The summed E-state index contributed by atoms with van der Waals surface area (Å²) >= 11 is 0. The molecule has 2 N–H and O–H groups in total. The Kier molecular flexibility index (Phi) is 5.15. The van der Waals surface area contributed by atoms with Gasteiger partial charge in [-0.3, -0.25) is 0 Å². The maximum Gasteiger partial charge on any atom is 0.449 e. The molecule has 0 spiro atoms. The molecule has 10 heteroatoms. The lowest BCUT2D eigenvalue weighted by Gasteiger charge is -2.13. The molecule has 3 rings (SSSR count). The third-order valence-electron chi connectivity index (χ3n) is 3.73. The second-order valence-corrected chi connectivity index (χ2v) is 5.51. The fraction of sp³-hybridized carbons (Fsp3) is 0.235. The highest BCUT2D eigenvalue weighted by molar-refractivity contribution is 5.90. The maximum absolute atomic E-state index is 13.2. The van der Waals surface area contributed by atoms with Gasteiger partial charge in [-0.15, -0.1) is 0 Å². The van der Waals surface area contributed by atoms with E-state index in [1.165, 1.54) is 25.4 Å². The Bertz CT molecular complexity index is 955. The van der Waals surface area contributed by atoms with Crippen LogP contribution in [-0.4, -0.2) is 34.2 Å². The summed E-state index contributed by atoms with van der Waals surface area (Å²) in [5.41, 5.74) is 0.697. The number of benzene rings is 1. The third-order valence-corrected chi connectivity index (χ3v) is 3.73. The number of fused-ring (bicyclic) bond motifs is 1. The van der Waals surface area contributed by atoms with Crippen LogP contribution in [0, 0.1) is 0 Å². The van der Waals surface area contributed by atoms with Gasteiger partial charge in [0, 0.05) is 19.3 Å². The molecule has 0 bridgehead atoms. The van der Waals surface area contributed by atoms with Gasteiger partial charge in [-0.05, 0) is 24.3 Å². The number of carbonyl (C=O) groups is 1. The van der Waals surface area contributed by atoms with Crippen molar-refractivity contribution in [1.82, 2.24) is 19.9 Å². The molecule has 0 radical (unpaired) electrons.